The predicted octanol–water partition coefficient (Wildman–Crippen LogP) is 2.95. The minimum Gasteiger partial charge on any atom is -0.478 e. The summed E-state index contributed by atoms with van der Waals surface area (Å²) in [6.45, 7) is 1.72. The van der Waals surface area contributed by atoms with Gasteiger partial charge in [-0.15, -0.1) is 0 Å². The Morgan fingerprint density at radius 2 is 1.82 bits per heavy atom. The Morgan fingerprint density at radius 3 is 2.35 bits per heavy atom. The van der Waals surface area contributed by atoms with E-state index >= 15 is 0 Å². The molecule has 17 heavy (non-hydrogen) atoms. The van der Waals surface area contributed by atoms with E-state index in [1.54, 1.807) is 0 Å². The summed E-state index contributed by atoms with van der Waals surface area (Å²) in [5, 5.41) is 9.41. The van der Waals surface area contributed by atoms with Crippen LogP contribution in [-0.4, -0.2) is 24.2 Å². The Labute approximate surface area is 105 Å². The minimum absolute atomic E-state index is 0.734. The lowest BCUT2D eigenvalue weighted by molar-refractivity contribution is -0.131. The molecule has 1 fully saturated rings. The van der Waals surface area contributed by atoms with Crippen LogP contribution >= 0.6 is 11.6 Å². The molecule has 1 saturated heterocycles. The molecule has 0 radical (unpaired) electrons. The van der Waals surface area contributed by atoms with E-state index in [1.807, 2.05) is 24.3 Å². The first-order valence-corrected chi connectivity index (χ1v) is 5.96. The lowest BCUT2D eigenvalue weighted by Gasteiger charge is -2.30. The van der Waals surface area contributed by atoms with Gasteiger partial charge in [0, 0.05) is 29.9 Å². The third-order valence-electron chi connectivity index (χ3n) is 2.93. The second-order valence-corrected chi connectivity index (χ2v) is 4.54. The Kier molecular flexibility index (Phi) is 3.69. The number of carbonyl (C=O) groups is 1. The van der Waals surface area contributed by atoms with E-state index in [-0.39, 0.29) is 0 Å². The van der Waals surface area contributed by atoms with Gasteiger partial charge in [0.15, 0.2) is 0 Å². The highest BCUT2D eigenvalue weighted by molar-refractivity contribution is 6.30. The summed E-state index contributed by atoms with van der Waals surface area (Å²) < 4.78 is 0. The van der Waals surface area contributed by atoms with E-state index in [1.165, 1.54) is 6.08 Å². The van der Waals surface area contributed by atoms with Crippen LogP contribution in [0.5, 0.6) is 0 Å². The Bertz CT molecular complexity index is 429. The number of rotatable bonds is 2. The van der Waals surface area contributed by atoms with Gasteiger partial charge in [0.2, 0.25) is 0 Å². The van der Waals surface area contributed by atoms with Gasteiger partial charge in [0.1, 0.15) is 0 Å². The van der Waals surface area contributed by atoms with E-state index in [0.717, 1.165) is 42.2 Å². The fourth-order valence-corrected chi connectivity index (χ4v) is 2.15. The molecule has 0 aromatic heterocycles. The minimum atomic E-state index is -0.847. The molecule has 1 N–H and O–H groups in total. The number of aliphatic carboxylic acids is 1. The summed E-state index contributed by atoms with van der Waals surface area (Å²) in [6, 6.07) is 7.74. The quantitative estimate of drug-likeness (QED) is 0.822. The largest absolute Gasteiger partial charge is 0.478 e. The van der Waals surface area contributed by atoms with Crippen molar-refractivity contribution >= 4 is 23.3 Å². The highest BCUT2D eigenvalue weighted by atomic mass is 35.5. The van der Waals surface area contributed by atoms with Crippen molar-refractivity contribution in [2.75, 3.05) is 18.0 Å². The summed E-state index contributed by atoms with van der Waals surface area (Å²) in [4.78, 5) is 12.8. The molecule has 90 valence electrons. The van der Waals surface area contributed by atoms with Gasteiger partial charge in [0.25, 0.3) is 0 Å². The molecule has 0 saturated carbocycles. The molecule has 1 aliphatic rings. The van der Waals surface area contributed by atoms with Crippen molar-refractivity contribution in [1.82, 2.24) is 0 Å². The predicted molar refractivity (Wildman–Crippen MR) is 68.6 cm³/mol. The van der Waals surface area contributed by atoms with E-state index in [4.69, 9.17) is 16.7 Å². The molecule has 0 spiro atoms. The van der Waals surface area contributed by atoms with E-state index in [2.05, 4.69) is 4.90 Å². The summed E-state index contributed by atoms with van der Waals surface area (Å²) in [7, 11) is 0. The van der Waals surface area contributed by atoms with Gasteiger partial charge < -0.3 is 10.0 Å². The first-order valence-electron chi connectivity index (χ1n) is 5.58. The first-order chi connectivity index (χ1) is 8.15. The molecule has 3 nitrogen and oxygen atoms in total. The van der Waals surface area contributed by atoms with Crippen molar-refractivity contribution in [2.45, 2.75) is 12.8 Å². The Balaban J connectivity index is 1.99. The molecule has 0 aliphatic carbocycles. The zero-order chi connectivity index (χ0) is 12.3. The molecule has 0 amide bonds. The van der Waals surface area contributed by atoms with Crippen LogP contribution in [-0.2, 0) is 4.79 Å². The molecule has 1 aromatic rings. The first kappa shape index (κ1) is 12.0. The third kappa shape index (κ3) is 3.24. The topological polar surface area (TPSA) is 40.5 Å². The molecule has 0 atom stereocenters. The van der Waals surface area contributed by atoms with E-state index < -0.39 is 5.97 Å². The van der Waals surface area contributed by atoms with Crippen LogP contribution in [0.25, 0.3) is 0 Å². The van der Waals surface area contributed by atoms with Crippen LogP contribution in [0.1, 0.15) is 12.8 Å². The summed E-state index contributed by atoms with van der Waals surface area (Å²) >= 11 is 5.84. The van der Waals surface area contributed by atoms with Crippen LogP contribution in [0.2, 0.25) is 5.02 Å². The van der Waals surface area contributed by atoms with Crippen molar-refractivity contribution in [3.05, 3.63) is 40.9 Å². The van der Waals surface area contributed by atoms with Crippen LogP contribution in [0.4, 0.5) is 5.69 Å². The van der Waals surface area contributed by atoms with Crippen LogP contribution < -0.4 is 4.90 Å². The third-order valence-corrected chi connectivity index (χ3v) is 3.18. The molecular weight excluding hydrogens is 238 g/mol. The molecule has 1 heterocycles. The zero-order valence-corrected chi connectivity index (χ0v) is 10.2. The number of halogens is 1. The van der Waals surface area contributed by atoms with Gasteiger partial charge in [0.05, 0.1) is 0 Å². The van der Waals surface area contributed by atoms with Crippen LogP contribution in [0.3, 0.4) is 0 Å². The summed E-state index contributed by atoms with van der Waals surface area (Å²) in [5.41, 5.74) is 2.16. The number of piperidine rings is 1. The molecule has 4 heteroatoms. The maximum Gasteiger partial charge on any atom is 0.328 e. The summed E-state index contributed by atoms with van der Waals surface area (Å²) in [6.07, 6.45) is 2.96. The summed E-state index contributed by atoms with van der Waals surface area (Å²) in [5.74, 6) is -0.847. The second kappa shape index (κ2) is 5.23. The molecule has 0 bridgehead atoms. The Morgan fingerprint density at radius 1 is 1.24 bits per heavy atom. The number of carboxylic acid groups (broad SMARTS) is 1. The SMILES string of the molecule is O=C(O)C=C1CCN(c2ccc(Cl)cc2)CC1. The van der Waals surface area contributed by atoms with Crippen molar-refractivity contribution in [3.63, 3.8) is 0 Å². The number of nitrogens with zero attached hydrogens (tertiary/aromatic N) is 1. The number of anilines is 1. The maximum atomic E-state index is 10.6. The molecule has 1 aromatic carbocycles. The fraction of sp³-hybridized carbons (Fsp3) is 0.308. The number of benzene rings is 1. The highest BCUT2D eigenvalue weighted by Crippen LogP contribution is 2.23. The van der Waals surface area contributed by atoms with Gasteiger partial charge in [-0.1, -0.05) is 17.2 Å². The van der Waals surface area contributed by atoms with Crippen molar-refractivity contribution in [1.29, 1.82) is 0 Å². The van der Waals surface area contributed by atoms with Crippen molar-refractivity contribution in [2.24, 2.45) is 0 Å². The van der Waals surface area contributed by atoms with Gasteiger partial charge >= 0.3 is 5.97 Å². The highest BCUT2D eigenvalue weighted by Gasteiger charge is 2.14. The lowest BCUT2D eigenvalue weighted by atomic mass is 10.0. The normalized spacial score (nSPS) is 15.8. The van der Waals surface area contributed by atoms with Gasteiger partial charge in [-0.25, -0.2) is 4.79 Å². The average molecular weight is 252 g/mol. The van der Waals surface area contributed by atoms with Crippen molar-refractivity contribution in [3.8, 4) is 0 Å². The standard InChI is InChI=1S/C13H14ClNO2/c14-11-1-3-12(4-2-11)15-7-5-10(6-8-15)9-13(16)17/h1-4,9H,5-8H2,(H,16,17). The number of hydrogen-bond donors (Lipinski definition) is 1. The van der Waals surface area contributed by atoms with Crippen molar-refractivity contribution < 1.29 is 9.90 Å². The zero-order valence-electron chi connectivity index (χ0n) is 9.40. The smallest absolute Gasteiger partial charge is 0.328 e. The molecular formula is C13H14ClNO2. The van der Waals surface area contributed by atoms with E-state index in [0.29, 0.717) is 0 Å². The van der Waals surface area contributed by atoms with Gasteiger partial charge in [-0.05, 0) is 37.1 Å². The van der Waals surface area contributed by atoms with Crippen LogP contribution in [0, 0.1) is 0 Å². The average Bonchev–Trinajstić information content (AvgIpc) is 2.30. The Hall–Kier alpha value is -1.48. The lowest BCUT2D eigenvalue weighted by Crippen LogP contribution is -2.30. The molecule has 0 unspecified atom stereocenters. The second-order valence-electron chi connectivity index (χ2n) is 4.10. The molecule has 1 aliphatic heterocycles. The maximum absolute atomic E-state index is 10.6. The molecule has 2 rings (SSSR count). The number of carboxylic acids is 1. The van der Waals surface area contributed by atoms with Gasteiger partial charge in [-0.3, -0.25) is 0 Å². The van der Waals surface area contributed by atoms with E-state index in [9.17, 15) is 4.79 Å². The fourth-order valence-electron chi connectivity index (χ4n) is 2.02. The van der Waals surface area contributed by atoms with Crippen LogP contribution in [0.15, 0.2) is 35.9 Å². The van der Waals surface area contributed by atoms with Gasteiger partial charge in [-0.2, -0.15) is 0 Å². The number of hydrogen-bond acceptors (Lipinski definition) is 2. The monoisotopic (exact) mass is 251 g/mol.